The molecule has 5 heteroatoms. The van der Waals surface area contributed by atoms with Gasteiger partial charge in [-0.15, -0.1) is 0 Å². The molecule has 0 radical (unpaired) electrons. The van der Waals surface area contributed by atoms with Crippen molar-refractivity contribution in [2.24, 2.45) is 0 Å². The minimum Gasteiger partial charge on any atom is -0.494 e. The number of hydrogen-bond acceptors (Lipinski definition) is 3. The van der Waals surface area contributed by atoms with Crippen LogP contribution in [0.25, 0.3) is 0 Å². The number of hydrogen-bond donors (Lipinski definition) is 0. The van der Waals surface area contributed by atoms with Gasteiger partial charge in [-0.25, -0.2) is 4.39 Å². The van der Waals surface area contributed by atoms with Crippen LogP contribution in [0, 0.1) is 5.82 Å². The third-order valence-corrected chi connectivity index (χ3v) is 2.52. The minimum atomic E-state index is -0.332. The molecule has 0 amide bonds. The third kappa shape index (κ3) is 4.18. The molecular weight excluding hydrogens is 279 g/mol. The van der Waals surface area contributed by atoms with Crippen molar-refractivity contribution >= 4 is 21.9 Å². The molecule has 0 unspecified atom stereocenters. The van der Waals surface area contributed by atoms with Crippen LogP contribution in [-0.4, -0.2) is 19.7 Å². The zero-order chi connectivity index (χ0) is 12.0. The summed E-state index contributed by atoms with van der Waals surface area (Å²) < 4.78 is 23.1. The number of esters is 1. The third-order valence-electron chi connectivity index (χ3n) is 1.91. The summed E-state index contributed by atoms with van der Waals surface area (Å²) in [6, 6.07) is 4.41. The number of benzene rings is 1. The second kappa shape index (κ2) is 6.48. The number of methoxy groups -OCH3 is 1. The molecule has 0 fully saturated rings. The van der Waals surface area contributed by atoms with Crippen molar-refractivity contribution in [3.63, 3.8) is 0 Å². The summed E-state index contributed by atoms with van der Waals surface area (Å²) in [4.78, 5) is 10.8. The van der Waals surface area contributed by atoms with E-state index in [1.807, 2.05) is 0 Å². The molecule has 0 bridgehead atoms. The molecule has 0 aliphatic rings. The smallest absolute Gasteiger partial charge is 0.305 e. The molecule has 0 N–H and O–H groups in total. The van der Waals surface area contributed by atoms with Crippen LogP contribution < -0.4 is 4.74 Å². The number of carbonyl (C=O) groups excluding carboxylic acids is 1. The molecule has 16 heavy (non-hydrogen) atoms. The van der Waals surface area contributed by atoms with Crippen molar-refractivity contribution < 1.29 is 18.7 Å². The second-order valence-corrected chi connectivity index (χ2v) is 3.96. The summed E-state index contributed by atoms with van der Waals surface area (Å²) in [5, 5.41) is 0. The lowest BCUT2D eigenvalue weighted by molar-refractivity contribution is -0.140. The molecular formula is C11H12BrFO3. The first-order valence-corrected chi connectivity index (χ1v) is 5.57. The molecule has 1 aromatic carbocycles. The molecule has 0 aromatic heterocycles. The summed E-state index contributed by atoms with van der Waals surface area (Å²) in [5.74, 6) is -0.0241. The van der Waals surface area contributed by atoms with Crippen LogP contribution in [0.5, 0.6) is 5.75 Å². The average molecular weight is 291 g/mol. The van der Waals surface area contributed by atoms with Gasteiger partial charge in [-0.2, -0.15) is 0 Å². The van der Waals surface area contributed by atoms with Crippen molar-refractivity contribution in [1.82, 2.24) is 0 Å². The summed E-state index contributed by atoms with van der Waals surface area (Å²) >= 11 is 3.06. The van der Waals surface area contributed by atoms with Crippen LogP contribution in [-0.2, 0) is 9.53 Å². The first-order chi connectivity index (χ1) is 7.63. The highest BCUT2D eigenvalue weighted by Gasteiger charge is 2.02. The largest absolute Gasteiger partial charge is 0.494 e. The Morgan fingerprint density at radius 1 is 1.50 bits per heavy atom. The van der Waals surface area contributed by atoms with Gasteiger partial charge in [0, 0.05) is 6.42 Å². The molecule has 0 aliphatic carbocycles. The van der Waals surface area contributed by atoms with E-state index >= 15 is 0 Å². The van der Waals surface area contributed by atoms with E-state index in [9.17, 15) is 9.18 Å². The van der Waals surface area contributed by atoms with Gasteiger partial charge in [0.15, 0.2) is 0 Å². The zero-order valence-electron chi connectivity index (χ0n) is 8.83. The monoisotopic (exact) mass is 290 g/mol. The van der Waals surface area contributed by atoms with Crippen LogP contribution in [0.3, 0.4) is 0 Å². The standard InChI is InChI=1S/C11H12BrFO3/c1-15-11(14)3-2-6-16-8-4-5-10(13)9(12)7-8/h4-5,7H,2-3,6H2,1H3. The second-order valence-electron chi connectivity index (χ2n) is 3.10. The topological polar surface area (TPSA) is 35.5 Å². The fourth-order valence-electron chi connectivity index (χ4n) is 1.08. The highest BCUT2D eigenvalue weighted by atomic mass is 79.9. The molecule has 0 heterocycles. The highest BCUT2D eigenvalue weighted by molar-refractivity contribution is 9.10. The van der Waals surface area contributed by atoms with Gasteiger partial charge < -0.3 is 9.47 Å². The van der Waals surface area contributed by atoms with Gasteiger partial charge in [0.1, 0.15) is 11.6 Å². The van der Waals surface area contributed by atoms with E-state index < -0.39 is 0 Å². The van der Waals surface area contributed by atoms with Crippen LogP contribution in [0.4, 0.5) is 4.39 Å². The average Bonchev–Trinajstić information content (AvgIpc) is 2.28. The van der Waals surface area contributed by atoms with Crippen molar-refractivity contribution in [3.8, 4) is 5.75 Å². The highest BCUT2D eigenvalue weighted by Crippen LogP contribution is 2.21. The number of rotatable bonds is 5. The minimum absolute atomic E-state index is 0.260. The molecule has 0 saturated heterocycles. The molecule has 88 valence electrons. The Bertz CT molecular complexity index is 368. The van der Waals surface area contributed by atoms with E-state index in [4.69, 9.17) is 4.74 Å². The first-order valence-electron chi connectivity index (χ1n) is 4.78. The molecule has 0 atom stereocenters. The Morgan fingerprint density at radius 2 is 2.25 bits per heavy atom. The molecule has 1 rings (SSSR count). The zero-order valence-corrected chi connectivity index (χ0v) is 10.4. The molecule has 0 saturated carbocycles. The van der Waals surface area contributed by atoms with E-state index in [0.29, 0.717) is 29.7 Å². The number of carbonyl (C=O) groups is 1. The summed E-state index contributed by atoms with van der Waals surface area (Å²) in [6.45, 7) is 0.396. The fraction of sp³-hybridized carbons (Fsp3) is 0.364. The Labute approximate surface area is 102 Å². The van der Waals surface area contributed by atoms with Gasteiger partial charge in [0.25, 0.3) is 0 Å². The van der Waals surface area contributed by atoms with Gasteiger partial charge >= 0.3 is 5.97 Å². The molecule has 1 aromatic rings. The van der Waals surface area contributed by atoms with Gasteiger partial charge in [-0.1, -0.05) is 0 Å². The number of ether oxygens (including phenoxy) is 2. The summed E-state index contributed by atoms with van der Waals surface area (Å²) in [7, 11) is 1.35. The van der Waals surface area contributed by atoms with Crippen molar-refractivity contribution in [1.29, 1.82) is 0 Å². The van der Waals surface area contributed by atoms with E-state index in [-0.39, 0.29) is 11.8 Å². The van der Waals surface area contributed by atoms with Crippen LogP contribution in [0.15, 0.2) is 22.7 Å². The Kier molecular flexibility index (Phi) is 5.25. The van der Waals surface area contributed by atoms with E-state index in [0.717, 1.165) is 0 Å². The normalized spacial score (nSPS) is 9.94. The van der Waals surface area contributed by atoms with E-state index in [2.05, 4.69) is 20.7 Å². The molecule has 0 aliphatic heterocycles. The maximum Gasteiger partial charge on any atom is 0.305 e. The van der Waals surface area contributed by atoms with Gasteiger partial charge in [-0.3, -0.25) is 4.79 Å². The SMILES string of the molecule is COC(=O)CCCOc1ccc(F)c(Br)c1. The van der Waals surface area contributed by atoms with E-state index in [1.165, 1.54) is 19.2 Å². The van der Waals surface area contributed by atoms with Crippen molar-refractivity contribution in [2.75, 3.05) is 13.7 Å². The Morgan fingerprint density at radius 3 is 2.88 bits per heavy atom. The lowest BCUT2D eigenvalue weighted by atomic mass is 10.3. The predicted molar refractivity (Wildman–Crippen MR) is 60.8 cm³/mol. The van der Waals surface area contributed by atoms with Crippen LogP contribution >= 0.6 is 15.9 Å². The van der Waals surface area contributed by atoms with Gasteiger partial charge in [0.2, 0.25) is 0 Å². The lowest BCUT2D eigenvalue weighted by Crippen LogP contribution is -2.04. The van der Waals surface area contributed by atoms with Gasteiger partial charge in [0.05, 0.1) is 18.2 Å². The van der Waals surface area contributed by atoms with Gasteiger partial charge in [-0.05, 0) is 40.5 Å². The van der Waals surface area contributed by atoms with Crippen molar-refractivity contribution in [3.05, 3.63) is 28.5 Å². The van der Waals surface area contributed by atoms with Crippen LogP contribution in [0.1, 0.15) is 12.8 Å². The Hall–Kier alpha value is -1.10. The quantitative estimate of drug-likeness (QED) is 0.618. The maximum absolute atomic E-state index is 12.9. The molecule has 3 nitrogen and oxygen atoms in total. The summed E-state index contributed by atoms with van der Waals surface area (Å²) in [5.41, 5.74) is 0. The molecule has 0 spiro atoms. The van der Waals surface area contributed by atoms with Crippen molar-refractivity contribution in [2.45, 2.75) is 12.8 Å². The predicted octanol–water partition coefficient (Wildman–Crippen LogP) is 2.92. The lowest BCUT2D eigenvalue weighted by Gasteiger charge is -2.06. The van der Waals surface area contributed by atoms with E-state index in [1.54, 1.807) is 6.07 Å². The number of halogens is 2. The fourth-order valence-corrected chi connectivity index (χ4v) is 1.43. The maximum atomic E-state index is 12.9. The van der Waals surface area contributed by atoms with Crippen LogP contribution in [0.2, 0.25) is 0 Å². The summed E-state index contributed by atoms with van der Waals surface area (Å²) in [6.07, 6.45) is 0.889. The Balaban J connectivity index is 2.32. The first kappa shape index (κ1) is 13.0.